The number of para-hydroxylation sites is 2. The minimum Gasteiger partial charge on any atom is -0.457 e. The van der Waals surface area contributed by atoms with Crippen LogP contribution in [0.4, 0.5) is 4.39 Å². The Balaban J connectivity index is 1.77. The fourth-order valence-corrected chi connectivity index (χ4v) is 2.87. The van der Waals surface area contributed by atoms with Gasteiger partial charge in [-0.3, -0.25) is 4.79 Å². The standard InChI is InChI=1S/C23H22FNO3/c1-23(27-2,19-13-7-8-14-20(19)24)16-25-22(26)18-12-6-9-15-21(18)28-17-10-4-3-5-11-17/h3-15H,16H2,1-2H3,(H,25,26). The van der Waals surface area contributed by atoms with Crippen molar-refractivity contribution >= 4 is 5.91 Å². The van der Waals surface area contributed by atoms with Gasteiger partial charge in [-0.1, -0.05) is 48.5 Å². The van der Waals surface area contributed by atoms with E-state index < -0.39 is 5.60 Å². The summed E-state index contributed by atoms with van der Waals surface area (Å²) in [5, 5.41) is 2.83. The van der Waals surface area contributed by atoms with E-state index in [0.29, 0.717) is 22.6 Å². The number of hydrogen-bond acceptors (Lipinski definition) is 3. The maximum atomic E-state index is 14.2. The van der Waals surface area contributed by atoms with E-state index in [9.17, 15) is 9.18 Å². The quantitative estimate of drug-likeness (QED) is 0.635. The molecule has 4 nitrogen and oxygen atoms in total. The molecule has 0 fully saturated rings. The summed E-state index contributed by atoms with van der Waals surface area (Å²) in [5.74, 6) is 0.368. The van der Waals surface area contributed by atoms with Crippen molar-refractivity contribution < 1.29 is 18.7 Å². The summed E-state index contributed by atoms with van der Waals surface area (Å²) in [4.78, 5) is 12.8. The van der Waals surface area contributed by atoms with E-state index in [2.05, 4.69) is 5.32 Å². The second kappa shape index (κ2) is 8.67. The minimum absolute atomic E-state index is 0.100. The largest absolute Gasteiger partial charge is 0.457 e. The van der Waals surface area contributed by atoms with Crippen molar-refractivity contribution in [3.05, 3.63) is 95.8 Å². The highest BCUT2D eigenvalue weighted by atomic mass is 19.1. The molecule has 0 spiro atoms. The number of ether oxygens (including phenoxy) is 2. The van der Waals surface area contributed by atoms with Gasteiger partial charge in [-0.2, -0.15) is 0 Å². The summed E-state index contributed by atoms with van der Waals surface area (Å²) >= 11 is 0. The van der Waals surface area contributed by atoms with Crippen LogP contribution in [0, 0.1) is 5.82 Å². The molecule has 0 saturated carbocycles. The highest BCUT2D eigenvalue weighted by molar-refractivity contribution is 5.97. The molecule has 5 heteroatoms. The first-order valence-electron chi connectivity index (χ1n) is 8.94. The highest BCUT2D eigenvalue weighted by Crippen LogP contribution is 2.28. The molecular weight excluding hydrogens is 357 g/mol. The summed E-state index contributed by atoms with van der Waals surface area (Å²) in [7, 11) is 1.49. The van der Waals surface area contributed by atoms with Gasteiger partial charge in [0.25, 0.3) is 5.91 Å². The third-order valence-electron chi connectivity index (χ3n) is 4.58. The van der Waals surface area contributed by atoms with E-state index in [4.69, 9.17) is 9.47 Å². The predicted molar refractivity (Wildman–Crippen MR) is 106 cm³/mol. The average Bonchev–Trinajstić information content (AvgIpc) is 2.73. The summed E-state index contributed by atoms with van der Waals surface area (Å²) in [6, 6.07) is 22.6. The van der Waals surface area contributed by atoms with Crippen LogP contribution in [0.25, 0.3) is 0 Å². The van der Waals surface area contributed by atoms with Gasteiger partial charge >= 0.3 is 0 Å². The monoisotopic (exact) mass is 379 g/mol. The lowest BCUT2D eigenvalue weighted by Crippen LogP contribution is -2.40. The number of methoxy groups -OCH3 is 1. The second-order valence-electron chi connectivity index (χ2n) is 6.51. The maximum Gasteiger partial charge on any atom is 0.255 e. The summed E-state index contributed by atoms with van der Waals surface area (Å²) in [6.45, 7) is 1.83. The lowest BCUT2D eigenvalue weighted by molar-refractivity contribution is 0.000370. The zero-order chi connectivity index (χ0) is 20.0. The average molecular weight is 379 g/mol. The SMILES string of the molecule is COC(C)(CNC(=O)c1ccccc1Oc1ccccc1)c1ccccc1F. The fraction of sp³-hybridized carbons (Fsp3) is 0.174. The van der Waals surface area contributed by atoms with Gasteiger partial charge in [-0.05, 0) is 37.3 Å². The molecule has 0 aliphatic rings. The molecule has 0 bridgehead atoms. The van der Waals surface area contributed by atoms with Gasteiger partial charge in [0.15, 0.2) is 0 Å². The molecule has 1 atom stereocenters. The molecule has 1 amide bonds. The lowest BCUT2D eigenvalue weighted by Gasteiger charge is -2.29. The smallest absolute Gasteiger partial charge is 0.255 e. The molecule has 3 rings (SSSR count). The van der Waals surface area contributed by atoms with Crippen molar-refractivity contribution in [2.45, 2.75) is 12.5 Å². The number of carbonyl (C=O) groups is 1. The van der Waals surface area contributed by atoms with Crippen LogP contribution in [0.1, 0.15) is 22.8 Å². The molecule has 0 aromatic heterocycles. The van der Waals surface area contributed by atoms with E-state index in [-0.39, 0.29) is 18.3 Å². The number of benzene rings is 3. The van der Waals surface area contributed by atoms with Gasteiger partial charge in [0, 0.05) is 12.7 Å². The molecule has 0 saturated heterocycles. The molecule has 1 unspecified atom stereocenters. The van der Waals surface area contributed by atoms with Gasteiger partial charge in [0.05, 0.1) is 12.1 Å². The molecule has 28 heavy (non-hydrogen) atoms. The zero-order valence-electron chi connectivity index (χ0n) is 15.8. The van der Waals surface area contributed by atoms with Gasteiger partial charge in [0.1, 0.15) is 22.9 Å². The van der Waals surface area contributed by atoms with Crippen LogP contribution in [0.3, 0.4) is 0 Å². The van der Waals surface area contributed by atoms with E-state index in [1.54, 1.807) is 49.4 Å². The Hall–Kier alpha value is -3.18. The molecule has 3 aromatic rings. The van der Waals surface area contributed by atoms with Crippen molar-refractivity contribution in [2.75, 3.05) is 13.7 Å². The Bertz CT molecular complexity index is 945. The molecule has 144 valence electrons. The molecule has 0 heterocycles. The Morgan fingerprint density at radius 3 is 2.32 bits per heavy atom. The number of amides is 1. The molecule has 0 aliphatic carbocycles. The number of rotatable bonds is 7. The van der Waals surface area contributed by atoms with Crippen molar-refractivity contribution in [3.63, 3.8) is 0 Å². The lowest BCUT2D eigenvalue weighted by atomic mass is 9.95. The number of halogens is 1. The normalized spacial score (nSPS) is 12.8. The van der Waals surface area contributed by atoms with Gasteiger partial charge < -0.3 is 14.8 Å². The van der Waals surface area contributed by atoms with E-state index in [1.165, 1.54) is 13.2 Å². The maximum absolute atomic E-state index is 14.2. The predicted octanol–water partition coefficient (Wildman–Crippen LogP) is 4.91. The Labute approximate surface area is 163 Å². The summed E-state index contributed by atoms with van der Waals surface area (Å²) in [5.41, 5.74) is -0.235. The Morgan fingerprint density at radius 2 is 1.61 bits per heavy atom. The van der Waals surface area contributed by atoms with Crippen molar-refractivity contribution in [3.8, 4) is 11.5 Å². The van der Waals surface area contributed by atoms with Crippen LogP contribution in [0.2, 0.25) is 0 Å². The minimum atomic E-state index is -1.00. The van der Waals surface area contributed by atoms with Gasteiger partial charge in [-0.15, -0.1) is 0 Å². The van der Waals surface area contributed by atoms with Crippen molar-refractivity contribution in [1.82, 2.24) is 5.32 Å². The Morgan fingerprint density at radius 1 is 0.964 bits per heavy atom. The van der Waals surface area contributed by atoms with E-state index in [1.807, 2.05) is 30.3 Å². The molecule has 3 aromatic carbocycles. The topological polar surface area (TPSA) is 47.6 Å². The number of hydrogen-bond donors (Lipinski definition) is 1. The van der Waals surface area contributed by atoms with Crippen LogP contribution < -0.4 is 10.1 Å². The molecule has 1 N–H and O–H groups in total. The molecular formula is C23H22FNO3. The summed E-state index contributed by atoms with van der Waals surface area (Å²) < 4.78 is 25.6. The van der Waals surface area contributed by atoms with E-state index in [0.717, 1.165) is 0 Å². The van der Waals surface area contributed by atoms with Crippen LogP contribution in [0.15, 0.2) is 78.9 Å². The third kappa shape index (κ3) is 4.38. The van der Waals surface area contributed by atoms with Crippen LogP contribution >= 0.6 is 0 Å². The van der Waals surface area contributed by atoms with Gasteiger partial charge in [-0.25, -0.2) is 4.39 Å². The second-order valence-corrected chi connectivity index (χ2v) is 6.51. The zero-order valence-corrected chi connectivity index (χ0v) is 15.8. The van der Waals surface area contributed by atoms with E-state index >= 15 is 0 Å². The molecule has 0 radical (unpaired) electrons. The fourth-order valence-electron chi connectivity index (χ4n) is 2.87. The first-order chi connectivity index (χ1) is 13.5. The molecule has 0 aliphatic heterocycles. The Kier molecular flexibility index (Phi) is 6.06. The van der Waals surface area contributed by atoms with Crippen LogP contribution in [-0.4, -0.2) is 19.6 Å². The number of nitrogens with one attached hydrogen (secondary N) is 1. The third-order valence-corrected chi connectivity index (χ3v) is 4.58. The van der Waals surface area contributed by atoms with Crippen molar-refractivity contribution in [2.24, 2.45) is 0 Å². The van der Waals surface area contributed by atoms with Crippen molar-refractivity contribution in [1.29, 1.82) is 0 Å². The van der Waals surface area contributed by atoms with Crippen LogP contribution in [0.5, 0.6) is 11.5 Å². The number of carbonyl (C=O) groups excluding carboxylic acids is 1. The first-order valence-corrected chi connectivity index (χ1v) is 8.94. The van der Waals surface area contributed by atoms with Crippen LogP contribution in [-0.2, 0) is 10.3 Å². The first kappa shape index (κ1) is 19.6. The highest BCUT2D eigenvalue weighted by Gasteiger charge is 2.30. The van der Waals surface area contributed by atoms with Gasteiger partial charge in [0.2, 0.25) is 0 Å². The summed E-state index contributed by atoms with van der Waals surface area (Å²) in [6.07, 6.45) is 0.